The van der Waals surface area contributed by atoms with E-state index in [0.29, 0.717) is 10.0 Å². The van der Waals surface area contributed by atoms with Crippen molar-refractivity contribution < 1.29 is 18.4 Å². The maximum atomic E-state index is 13.0. The fourth-order valence-corrected chi connectivity index (χ4v) is 2.74. The van der Waals surface area contributed by atoms with Crippen LogP contribution in [0.2, 0.25) is 0 Å². The predicted molar refractivity (Wildman–Crippen MR) is 110 cm³/mol. The van der Waals surface area contributed by atoms with Crippen molar-refractivity contribution in [1.29, 1.82) is 0 Å². The number of hydrogen-bond acceptors (Lipinski definition) is 3. The zero-order valence-corrected chi connectivity index (χ0v) is 16.4. The van der Waals surface area contributed by atoms with Gasteiger partial charge in [-0.05, 0) is 60.2 Å². The van der Waals surface area contributed by atoms with Crippen LogP contribution in [0.3, 0.4) is 0 Å². The Morgan fingerprint density at radius 3 is 2.14 bits per heavy atom. The number of hydrazone groups is 1. The largest absolute Gasteiger partial charge is 0.321 e. The highest BCUT2D eigenvalue weighted by atomic mass is 79.9. The van der Waals surface area contributed by atoms with Crippen LogP contribution in [0.5, 0.6) is 0 Å². The molecule has 0 aliphatic rings. The van der Waals surface area contributed by atoms with Crippen LogP contribution >= 0.6 is 15.9 Å². The number of carbonyl (C=O) groups is 2. The minimum absolute atomic E-state index is 0.172. The van der Waals surface area contributed by atoms with Gasteiger partial charge in [0.05, 0.1) is 17.5 Å². The first-order chi connectivity index (χ1) is 13.9. The Hall–Kier alpha value is -3.39. The third-order valence-corrected chi connectivity index (χ3v) is 4.32. The molecule has 0 spiro atoms. The highest BCUT2D eigenvalue weighted by Gasteiger charge is 2.15. The Bertz CT molecular complexity index is 1070. The van der Waals surface area contributed by atoms with Crippen LogP contribution in [0.4, 0.5) is 14.5 Å². The molecule has 0 heterocycles. The van der Waals surface area contributed by atoms with E-state index in [1.807, 2.05) is 0 Å². The molecule has 3 aromatic carbocycles. The second-order valence-electron chi connectivity index (χ2n) is 5.90. The number of carbonyl (C=O) groups excluding carboxylic acids is 2. The summed E-state index contributed by atoms with van der Waals surface area (Å²) >= 11 is 3.29. The normalized spacial score (nSPS) is 10.7. The number of benzene rings is 3. The average molecular weight is 458 g/mol. The van der Waals surface area contributed by atoms with Crippen molar-refractivity contribution in [3.63, 3.8) is 0 Å². The van der Waals surface area contributed by atoms with E-state index in [4.69, 9.17) is 0 Å². The van der Waals surface area contributed by atoms with E-state index in [-0.39, 0.29) is 22.6 Å². The van der Waals surface area contributed by atoms with Gasteiger partial charge in [0.25, 0.3) is 11.8 Å². The lowest BCUT2D eigenvalue weighted by Crippen LogP contribution is -2.21. The topological polar surface area (TPSA) is 70.6 Å². The fourth-order valence-electron chi connectivity index (χ4n) is 2.38. The molecule has 2 amide bonds. The molecule has 0 unspecified atom stereocenters. The first kappa shape index (κ1) is 20.3. The molecule has 5 nitrogen and oxygen atoms in total. The lowest BCUT2D eigenvalue weighted by molar-refractivity contribution is 0.0956. The fraction of sp³-hybridized carbons (Fsp3) is 0. The molecule has 0 fully saturated rings. The number of nitrogens with one attached hydrogen (secondary N) is 2. The van der Waals surface area contributed by atoms with Crippen LogP contribution in [0.15, 0.2) is 76.3 Å². The van der Waals surface area contributed by atoms with Crippen molar-refractivity contribution in [1.82, 2.24) is 5.43 Å². The van der Waals surface area contributed by atoms with E-state index in [0.717, 1.165) is 0 Å². The summed E-state index contributed by atoms with van der Waals surface area (Å²) in [5, 5.41) is 6.48. The molecule has 0 aromatic heterocycles. The number of halogens is 3. The molecule has 0 aliphatic carbocycles. The summed E-state index contributed by atoms with van der Waals surface area (Å²) in [6, 6.07) is 15.4. The molecule has 3 aromatic rings. The molecule has 29 heavy (non-hydrogen) atoms. The standard InChI is InChI=1S/C21H14BrF2N3O2/c22-15-5-10-19(26-20(28)14-3-8-17(24)9-4-14)18(11-15)21(29)27-25-12-13-1-6-16(23)7-2-13/h1-12H,(H,26,28)(H,27,29). The van der Waals surface area contributed by atoms with E-state index >= 15 is 0 Å². The Kier molecular flexibility index (Phi) is 6.46. The molecule has 3 rings (SSSR count). The summed E-state index contributed by atoms with van der Waals surface area (Å²) in [4.78, 5) is 24.9. The number of rotatable bonds is 5. The molecule has 146 valence electrons. The maximum Gasteiger partial charge on any atom is 0.273 e. The first-order valence-corrected chi connectivity index (χ1v) is 9.17. The second-order valence-corrected chi connectivity index (χ2v) is 6.82. The van der Waals surface area contributed by atoms with Gasteiger partial charge in [-0.3, -0.25) is 9.59 Å². The Morgan fingerprint density at radius 2 is 1.48 bits per heavy atom. The minimum atomic E-state index is -0.556. The van der Waals surface area contributed by atoms with Gasteiger partial charge in [0.1, 0.15) is 11.6 Å². The van der Waals surface area contributed by atoms with E-state index in [2.05, 4.69) is 31.8 Å². The molecule has 0 bridgehead atoms. The van der Waals surface area contributed by atoms with Crippen LogP contribution in [0, 0.1) is 11.6 Å². The molecule has 0 saturated carbocycles. The quantitative estimate of drug-likeness (QED) is 0.428. The van der Waals surface area contributed by atoms with Crippen LogP contribution in [0.1, 0.15) is 26.3 Å². The van der Waals surface area contributed by atoms with Gasteiger partial charge in [-0.2, -0.15) is 5.10 Å². The van der Waals surface area contributed by atoms with Crippen molar-refractivity contribution >= 4 is 39.6 Å². The number of nitrogens with zero attached hydrogens (tertiary/aromatic N) is 1. The van der Waals surface area contributed by atoms with Crippen molar-refractivity contribution in [2.75, 3.05) is 5.32 Å². The van der Waals surface area contributed by atoms with Crippen molar-refractivity contribution in [2.45, 2.75) is 0 Å². The molecule has 0 aliphatic heterocycles. The van der Waals surface area contributed by atoms with Crippen molar-refractivity contribution in [3.8, 4) is 0 Å². The Balaban J connectivity index is 1.75. The van der Waals surface area contributed by atoms with Crippen LogP contribution in [0.25, 0.3) is 0 Å². The van der Waals surface area contributed by atoms with Crippen LogP contribution < -0.4 is 10.7 Å². The van der Waals surface area contributed by atoms with Crippen molar-refractivity contribution in [3.05, 3.63) is 99.5 Å². The van der Waals surface area contributed by atoms with Gasteiger partial charge in [0.2, 0.25) is 0 Å². The third kappa shape index (κ3) is 5.55. The summed E-state index contributed by atoms with van der Waals surface area (Å²) in [5.41, 5.74) is 3.65. The molecular weight excluding hydrogens is 444 g/mol. The van der Waals surface area contributed by atoms with E-state index in [1.54, 1.807) is 12.1 Å². The zero-order valence-electron chi connectivity index (χ0n) is 14.8. The second kappa shape index (κ2) is 9.20. The lowest BCUT2D eigenvalue weighted by Gasteiger charge is -2.11. The number of anilines is 1. The minimum Gasteiger partial charge on any atom is -0.321 e. The Labute approximate surface area is 173 Å². The highest BCUT2D eigenvalue weighted by molar-refractivity contribution is 9.10. The maximum absolute atomic E-state index is 13.0. The molecule has 8 heteroatoms. The molecule has 0 saturated heterocycles. The molecule has 0 radical (unpaired) electrons. The summed E-state index contributed by atoms with van der Waals surface area (Å²) in [6.07, 6.45) is 1.37. The van der Waals surface area contributed by atoms with Crippen LogP contribution in [-0.2, 0) is 0 Å². The zero-order chi connectivity index (χ0) is 20.8. The van der Waals surface area contributed by atoms with Crippen LogP contribution in [-0.4, -0.2) is 18.0 Å². The molecular formula is C21H14BrF2N3O2. The highest BCUT2D eigenvalue weighted by Crippen LogP contribution is 2.22. The van der Waals surface area contributed by atoms with Gasteiger partial charge < -0.3 is 5.32 Å². The van der Waals surface area contributed by atoms with Gasteiger partial charge in [-0.15, -0.1) is 0 Å². The van der Waals surface area contributed by atoms with Gasteiger partial charge in [0, 0.05) is 10.0 Å². The number of amides is 2. The van der Waals surface area contributed by atoms with Crippen molar-refractivity contribution in [2.24, 2.45) is 5.10 Å². The molecule has 0 atom stereocenters. The predicted octanol–water partition coefficient (Wildman–Crippen LogP) is 4.74. The summed E-state index contributed by atoms with van der Waals surface area (Å²) in [5.74, 6) is -1.87. The lowest BCUT2D eigenvalue weighted by atomic mass is 10.1. The third-order valence-electron chi connectivity index (χ3n) is 3.83. The SMILES string of the molecule is O=C(Nc1ccc(Br)cc1C(=O)NN=Cc1ccc(F)cc1)c1ccc(F)cc1. The van der Waals surface area contributed by atoms with Gasteiger partial charge in [0.15, 0.2) is 0 Å². The molecule has 2 N–H and O–H groups in total. The van der Waals surface area contributed by atoms with Gasteiger partial charge in [-0.1, -0.05) is 28.1 Å². The van der Waals surface area contributed by atoms with Gasteiger partial charge >= 0.3 is 0 Å². The first-order valence-electron chi connectivity index (χ1n) is 8.38. The smallest absolute Gasteiger partial charge is 0.273 e. The van der Waals surface area contributed by atoms with E-state index < -0.39 is 17.6 Å². The summed E-state index contributed by atoms with van der Waals surface area (Å²) in [7, 11) is 0. The van der Waals surface area contributed by atoms with Gasteiger partial charge in [-0.25, -0.2) is 14.2 Å². The summed E-state index contributed by atoms with van der Waals surface area (Å²) < 4.78 is 26.6. The number of hydrogen-bond donors (Lipinski definition) is 2. The van der Waals surface area contributed by atoms with E-state index in [9.17, 15) is 18.4 Å². The monoisotopic (exact) mass is 457 g/mol. The van der Waals surface area contributed by atoms with E-state index in [1.165, 1.54) is 60.8 Å². The Morgan fingerprint density at radius 1 is 0.862 bits per heavy atom. The summed E-state index contributed by atoms with van der Waals surface area (Å²) in [6.45, 7) is 0. The average Bonchev–Trinajstić information content (AvgIpc) is 2.71.